The van der Waals surface area contributed by atoms with Crippen molar-refractivity contribution < 1.29 is 0 Å². The van der Waals surface area contributed by atoms with Crippen LogP contribution in [0.3, 0.4) is 0 Å². The van der Waals surface area contributed by atoms with E-state index < -0.39 is 0 Å². The Labute approximate surface area is 81.9 Å². The van der Waals surface area contributed by atoms with Gasteiger partial charge < -0.3 is 5.73 Å². The fourth-order valence-electron chi connectivity index (χ4n) is 1.24. The van der Waals surface area contributed by atoms with Crippen molar-refractivity contribution in [2.75, 3.05) is 5.73 Å². The van der Waals surface area contributed by atoms with Crippen molar-refractivity contribution in [3.63, 3.8) is 0 Å². The number of anilines is 1. The first-order valence-electron chi connectivity index (χ1n) is 4.30. The van der Waals surface area contributed by atoms with Crippen LogP contribution < -0.4 is 5.73 Å². The summed E-state index contributed by atoms with van der Waals surface area (Å²) in [7, 11) is 0. The maximum Gasteiger partial charge on any atom is 0.136 e. The van der Waals surface area contributed by atoms with Crippen molar-refractivity contribution in [1.82, 2.24) is 15.0 Å². The SMILES string of the molecule is Nc1cccc(Cc2ncncn2)c1. The molecule has 70 valence electrons. The van der Waals surface area contributed by atoms with E-state index in [-0.39, 0.29) is 0 Å². The number of aromatic nitrogens is 3. The molecule has 4 nitrogen and oxygen atoms in total. The molecule has 0 amide bonds. The molecule has 1 aromatic heterocycles. The zero-order chi connectivity index (χ0) is 9.80. The van der Waals surface area contributed by atoms with Crippen molar-refractivity contribution >= 4 is 5.69 Å². The van der Waals surface area contributed by atoms with Gasteiger partial charge in [0.15, 0.2) is 0 Å². The molecule has 0 saturated heterocycles. The summed E-state index contributed by atoms with van der Waals surface area (Å²) >= 11 is 0. The summed E-state index contributed by atoms with van der Waals surface area (Å²) in [6.45, 7) is 0. The summed E-state index contributed by atoms with van der Waals surface area (Å²) in [4.78, 5) is 11.8. The van der Waals surface area contributed by atoms with E-state index in [0.29, 0.717) is 6.42 Å². The molecule has 0 atom stereocenters. The molecule has 0 aliphatic rings. The monoisotopic (exact) mass is 186 g/mol. The highest BCUT2D eigenvalue weighted by molar-refractivity contribution is 5.41. The van der Waals surface area contributed by atoms with Crippen LogP contribution in [0.1, 0.15) is 11.4 Å². The van der Waals surface area contributed by atoms with E-state index in [9.17, 15) is 0 Å². The van der Waals surface area contributed by atoms with Gasteiger partial charge in [0.1, 0.15) is 18.5 Å². The van der Waals surface area contributed by atoms with Gasteiger partial charge in [-0.3, -0.25) is 0 Å². The van der Waals surface area contributed by atoms with E-state index in [1.807, 2.05) is 24.3 Å². The summed E-state index contributed by atoms with van der Waals surface area (Å²) < 4.78 is 0. The second kappa shape index (κ2) is 3.83. The molecule has 0 spiro atoms. The molecule has 1 heterocycles. The fourth-order valence-corrected chi connectivity index (χ4v) is 1.24. The predicted molar refractivity (Wildman–Crippen MR) is 53.5 cm³/mol. The molecule has 0 fully saturated rings. The van der Waals surface area contributed by atoms with E-state index in [0.717, 1.165) is 17.1 Å². The minimum Gasteiger partial charge on any atom is -0.399 e. The summed E-state index contributed by atoms with van der Waals surface area (Å²) in [6, 6.07) is 7.70. The fraction of sp³-hybridized carbons (Fsp3) is 0.100. The van der Waals surface area contributed by atoms with Gasteiger partial charge in [0.2, 0.25) is 0 Å². The van der Waals surface area contributed by atoms with Crippen molar-refractivity contribution in [1.29, 1.82) is 0 Å². The lowest BCUT2D eigenvalue weighted by molar-refractivity contribution is 0.918. The van der Waals surface area contributed by atoms with E-state index in [2.05, 4.69) is 15.0 Å². The largest absolute Gasteiger partial charge is 0.399 e. The van der Waals surface area contributed by atoms with E-state index >= 15 is 0 Å². The van der Waals surface area contributed by atoms with E-state index in [1.165, 1.54) is 12.7 Å². The van der Waals surface area contributed by atoms with Crippen LogP contribution in [-0.2, 0) is 6.42 Å². The van der Waals surface area contributed by atoms with Gasteiger partial charge in [-0.05, 0) is 17.7 Å². The van der Waals surface area contributed by atoms with Crippen LogP contribution in [0.2, 0.25) is 0 Å². The second-order valence-electron chi connectivity index (χ2n) is 2.98. The van der Waals surface area contributed by atoms with Crippen molar-refractivity contribution in [3.8, 4) is 0 Å². The molecule has 14 heavy (non-hydrogen) atoms. The normalized spacial score (nSPS) is 10.0. The second-order valence-corrected chi connectivity index (χ2v) is 2.98. The van der Waals surface area contributed by atoms with Crippen LogP contribution in [0, 0.1) is 0 Å². The molecule has 0 radical (unpaired) electrons. The first-order chi connectivity index (χ1) is 6.84. The third-order valence-electron chi connectivity index (χ3n) is 1.86. The standard InChI is InChI=1S/C10H10N4/c11-9-3-1-2-8(4-9)5-10-13-6-12-7-14-10/h1-4,6-7H,5,11H2. The van der Waals surface area contributed by atoms with Gasteiger partial charge in [-0.25, -0.2) is 15.0 Å². The molecule has 2 N–H and O–H groups in total. The Kier molecular flexibility index (Phi) is 2.36. The summed E-state index contributed by atoms with van der Waals surface area (Å²) in [5, 5.41) is 0. The van der Waals surface area contributed by atoms with Gasteiger partial charge in [0, 0.05) is 12.1 Å². The van der Waals surface area contributed by atoms with Gasteiger partial charge in [-0.2, -0.15) is 0 Å². The first-order valence-corrected chi connectivity index (χ1v) is 4.30. The van der Waals surface area contributed by atoms with Crippen LogP contribution in [0.4, 0.5) is 5.69 Å². The third-order valence-corrected chi connectivity index (χ3v) is 1.86. The van der Waals surface area contributed by atoms with Crippen molar-refractivity contribution in [2.24, 2.45) is 0 Å². The zero-order valence-corrected chi connectivity index (χ0v) is 7.59. The number of rotatable bonds is 2. The molecular weight excluding hydrogens is 176 g/mol. The highest BCUT2D eigenvalue weighted by atomic mass is 15.0. The number of hydrogen-bond donors (Lipinski definition) is 1. The maximum atomic E-state index is 5.66. The topological polar surface area (TPSA) is 64.7 Å². The number of nitrogens with zero attached hydrogens (tertiary/aromatic N) is 3. The lowest BCUT2D eigenvalue weighted by Gasteiger charge is -2.00. The van der Waals surface area contributed by atoms with Crippen LogP contribution in [0.5, 0.6) is 0 Å². The number of hydrogen-bond acceptors (Lipinski definition) is 4. The minimum absolute atomic E-state index is 0.688. The Hall–Kier alpha value is -1.97. The quantitative estimate of drug-likeness (QED) is 0.712. The summed E-state index contributed by atoms with van der Waals surface area (Å²) in [6.07, 6.45) is 3.68. The van der Waals surface area contributed by atoms with E-state index in [4.69, 9.17) is 5.73 Å². The summed E-state index contributed by atoms with van der Waals surface area (Å²) in [5.41, 5.74) is 7.53. The Morgan fingerprint density at radius 2 is 1.93 bits per heavy atom. The third kappa shape index (κ3) is 2.04. The molecule has 0 unspecified atom stereocenters. The van der Waals surface area contributed by atoms with Gasteiger partial charge in [0.25, 0.3) is 0 Å². The average molecular weight is 186 g/mol. The van der Waals surface area contributed by atoms with Crippen molar-refractivity contribution in [2.45, 2.75) is 6.42 Å². The molecule has 0 saturated carbocycles. The Morgan fingerprint density at radius 1 is 1.14 bits per heavy atom. The van der Waals surface area contributed by atoms with Crippen LogP contribution in [0.15, 0.2) is 36.9 Å². The molecule has 0 bridgehead atoms. The average Bonchev–Trinajstić information content (AvgIpc) is 2.19. The Balaban J connectivity index is 2.19. The number of nitrogen functional groups attached to an aromatic ring is 1. The molecule has 0 aliphatic carbocycles. The first kappa shape index (κ1) is 8.62. The molecule has 2 rings (SSSR count). The van der Waals surface area contributed by atoms with Gasteiger partial charge >= 0.3 is 0 Å². The lowest BCUT2D eigenvalue weighted by atomic mass is 10.1. The minimum atomic E-state index is 0.688. The zero-order valence-electron chi connectivity index (χ0n) is 7.59. The molecule has 0 aliphatic heterocycles. The highest BCUT2D eigenvalue weighted by Gasteiger charge is 1.98. The molecule has 1 aromatic carbocycles. The lowest BCUT2D eigenvalue weighted by Crippen LogP contribution is -1.97. The molecular formula is C10H10N4. The summed E-state index contributed by atoms with van der Waals surface area (Å²) in [5.74, 6) is 0.755. The highest BCUT2D eigenvalue weighted by Crippen LogP contribution is 2.09. The van der Waals surface area contributed by atoms with Crippen LogP contribution in [0.25, 0.3) is 0 Å². The van der Waals surface area contributed by atoms with Gasteiger partial charge in [-0.1, -0.05) is 12.1 Å². The Morgan fingerprint density at radius 3 is 2.64 bits per heavy atom. The number of nitrogens with two attached hydrogens (primary N) is 1. The predicted octanol–water partition coefficient (Wildman–Crippen LogP) is 1.04. The van der Waals surface area contributed by atoms with Gasteiger partial charge in [-0.15, -0.1) is 0 Å². The Bertz CT molecular complexity index is 413. The van der Waals surface area contributed by atoms with Crippen LogP contribution >= 0.6 is 0 Å². The van der Waals surface area contributed by atoms with Crippen LogP contribution in [-0.4, -0.2) is 15.0 Å². The number of benzene rings is 1. The van der Waals surface area contributed by atoms with Crippen molar-refractivity contribution in [3.05, 3.63) is 48.3 Å². The smallest absolute Gasteiger partial charge is 0.136 e. The molecule has 2 aromatic rings. The van der Waals surface area contributed by atoms with E-state index in [1.54, 1.807) is 0 Å². The maximum absolute atomic E-state index is 5.66. The molecule has 4 heteroatoms. The van der Waals surface area contributed by atoms with Gasteiger partial charge in [0.05, 0.1) is 0 Å².